The van der Waals surface area contributed by atoms with E-state index in [9.17, 15) is 14.0 Å². The highest BCUT2D eigenvalue weighted by molar-refractivity contribution is 6.30. The third kappa shape index (κ3) is 5.96. The van der Waals surface area contributed by atoms with E-state index in [2.05, 4.69) is 5.32 Å². The number of nitrogens with zero attached hydrogens (tertiary/aromatic N) is 2. The molecule has 0 saturated carbocycles. The van der Waals surface area contributed by atoms with Gasteiger partial charge in [0.05, 0.1) is 6.04 Å². The third-order valence-electron chi connectivity index (χ3n) is 7.24. The number of nitrogens with one attached hydrogen (secondary N) is 1. The van der Waals surface area contributed by atoms with Gasteiger partial charge in [0.15, 0.2) is 0 Å². The number of ether oxygens (including phenoxy) is 1. The lowest BCUT2D eigenvalue weighted by Crippen LogP contribution is -2.50. The van der Waals surface area contributed by atoms with Gasteiger partial charge in [0.2, 0.25) is 5.91 Å². The molecule has 2 fully saturated rings. The zero-order valence-corrected chi connectivity index (χ0v) is 21.0. The molecule has 8 heteroatoms. The highest BCUT2D eigenvalue weighted by Gasteiger charge is 2.44. The van der Waals surface area contributed by atoms with Gasteiger partial charge in [-0.2, -0.15) is 0 Å². The molecular weight excluding hydrogens is 469 g/mol. The number of rotatable bonds is 6. The molecule has 2 aromatic carbocycles. The maximum atomic E-state index is 13.5. The Morgan fingerprint density at radius 1 is 1.11 bits per heavy atom. The number of likely N-dealkylation sites (tertiary alicyclic amines) is 1. The van der Waals surface area contributed by atoms with Gasteiger partial charge in [-0.05, 0) is 81.2 Å². The van der Waals surface area contributed by atoms with Gasteiger partial charge < -0.3 is 15.0 Å². The van der Waals surface area contributed by atoms with Crippen molar-refractivity contribution in [1.82, 2.24) is 15.1 Å². The summed E-state index contributed by atoms with van der Waals surface area (Å²) in [7, 11) is 0. The van der Waals surface area contributed by atoms with Crippen molar-refractivity contribution in [2.45, 2.75) is 51.1 Å². The van der Waals surface area contributed by atoms with Crippen molar-refractivity contribution in [2.75, 3.05) is 26.2 Å². The number of hydrogen-bond donors (Lipinski definition) is 1. The minimum Gasteiger partial charge on any atom is -0.410 e. The molecule has 0 bridgehead atoms. The molecule has 0 aromatic heterocycles. The number of amides is 2. The van der Waals surface area contributed by atoms with Gasteiger partial charge in [0.25, 0.3) is 0 Å². The fraction of sp³-hybridized carbons (Fsp3) is 0.481. The van der Waals surface area contributed by atoms with Crippen LogP contribution in [0.4, 0.5) is 9.18 Å². The standard InChI is InChI=1S/C27H33ClFN3O3/c1-3-18(2)32(27(34)35-23-10-8-22(29)9-11-23)25-17-31(26(33)20-12-14-30-15-13-20)16-24(25)19-4-6-21(28)7-5-19/h4-11,18,20,24-25,30H,3,12-17H2,1-2H3/t18?,24-,25+/m0/s1. The minimum absolute atomic E-state index is 0.00378. The second-order valence-electron chi connectivity index (χ2n) is 9.48. The zero-order chi connectivity index (χ0) is 24.9. The lowest BCUT2D eigenvalue weighted by molar-refractivity contribution is -0.135. The average Bonchev–Trinajstić information content (AvgIpc) is 3.30. The van der Waals surface area contributed by atoms with Crippen LogP contribution in [0.3, 0.4) is 0 Å². The van der Waals surface area contributed by atoms with Gasteiger partial charge in [0, 0.05) is 36.0 Å². The Kier molecular flexibility index (Phi) is 8.29. The Morgan fingerprint density at radius 3 is 2.40 bits per heavy atom. The van der Waals surface area contributed by atoms with Crippen LogP contribution < -0.4 is 10.1 Å². The van der Waals surface area contributed by atoms with E-state index in [1.54, 1.807) is 4.90 Å². The number of hydrogen-bond acceptors (Lipinski definition) is 4. The van der Waals surface area contributed by atoms with E-state index in [0.717, 1.165) is 37.9 Å². The van der Waals surface area contributed by atoms with Gasteiger partial charge in [0.1, 0.15) is 11.6 Å². The Bertz CT molecular complexity index is 1010. The van der Waals surface area contributed by atoms with E-state index in [1.807, 2.05) is 43.0 Å². The predicted molar refractivity (Wildman–Crippen MR) is 134 cm³/mol. The minimum atomic E-state index is -0.494. The third-order valence-corrected chi connectivity index (χ3v) is 7.49. The summed E-state index contributed by atoms with van der Waals surface area (Å²) >= 11 is 6.14. The number of piperidine rings is 1. The first-order valence-electron chi connectivity index (χ1n) is 12.4. The van der Waals surface area contributed by atoms with E-state index in [1.165, 1.54) is 24.3 Å². The Morgan fingerprint density at radius 2 is 1.77 bits per heavy atom. The molecule has 0 radical (unpaired) electrons. The summed E-state index contributed by atoms with van der Waals surface area (Å²) in [4.78, 5) is 30.6. The van der Waals surface area contributed by atoms with Crippen LogP contribution in [0.15, 0.2) is 48.5 Å². The van der Waals surface area contributed by atoms with Crippen molar-refractivity contribution in [3.8, 4) is 5.75 Å². The highest BCUT2D eigenvalue weighted by atomic mass is 35.5. The molecule has 4 rings (SSSR count). The number of carbonyl (C=O) groups is 2. The van der Waals surface area contributed by atoms with E-state index >= 15 is 0 Å². The predicted octanol–water partition coefficient (Wildman–Crippen LogP) is 5.07. The molecule has 1 N–H and O–H groups in total. The SMILES string of the molecule is CCC(C)N(C(=O)Oc1ccc(F)cc1)[C@@H]1CN(C(=O)C2CCNCC2)C[C@H]1c1ccc(Cl)cc1. The summed E-state index contributed by atoms with van der Waals surface area (Å²) in [6.45, 7) is 6.68. The summed E-state index contributed by atoms with van der Waals surface area (Å²) < 4.78 is 19.0. The molecular formula is C27H33ClFN3O3. The van der Waals surface area contributed by atoms with E-state index < -0.39 is 11.9 Å². The smallest absolute Gasteiger partial charge is 0.410 e. The van der Waals surface area contributed by atoms with Crippen LogP contribution in [0.1, 0.15) is 44.6 Å². The van der Waals surface area contributed by atoms with E-state index in [4.69, 9.17) is 16.3 Å². The molecule has 188 valence electrons. The van der Waals surface area contributed by atoms with Crippen LogP contribution in [-0.2, 0) is 4.79 Å². The Labute approximate surface area is 211 Å². The molecule has 0 aliphatic carbocycles. The largest absolute Gasteiger partial charge is 0.415 e. The van der Waals surface area contributed by atoms with Gasteiger partial charge in [-0.1, -0.05) is 30.7 Å². The molecule has 2 saturated heterocycles. The molecule has 2 heterocycles. The summed E-state index contributed by atoms with van der Waals surface area (Å²) in [5.74, 6) is -0.0247. The van der Waals surface area contributed by atoms with Crippen molar-refractivity contribution in [3.05, 3.63) is 64.9 Å². The monoisotopic (exact) mass is 501 g/mol. The highest BCUT2D eigenvalue weighted by Crippen LogP contribution is 2.35. The summed E-state index contributed by atoms with van der Waals surface area (Å²) in [5, 5.41) is 3.95. The number of benzene rings is 2. The second kappa shape index (κ2) is 11.4. The van der Waals surface area contributed by atoms with Crippen LogP contribution >= 0.6 is 11.6 Å². The lowest BCUT2D eigenvalue weighted by atomic mass is 9.92. The molecule has 2 aromatic rings. The summed E-state index contributed by atoms with van der Waals surface area (Å²) in [6.07, 6.45) is 1.89. The number of halogens is 2. The molecule has 0 spiro atoms. The molecule has 3 atom stereocenters. The van der Waals surface area contributed by atoms with Crippen molar-refractivity contribution in [1.29, 1.82) is 0 Å². The zero-order valence-electron chi connectivity index (χ0n) is 20.3. The topological polar surface area (TPSA) is 61.9 Å². The maximum absolute atomic E-state index is 13.5. The van der Waals surface area contributed by atoms with Crippen molar-refractivity contribution in [2.24, 2.45) is 5.92 Å². The van der Waals surface area contributed by atoms with Gasteiger partial charge in [-0.25, -0.2) is 9.18 Å². The van der Waals surface area contributed by atoms with Crippen molar-refractivity contribution < 1.29 is 18.7 Å². The van der Waals surface area contributed by atoms with Crippen molar-refractivity contribution in [3.63, 3.8) is 0 Å². The normalized spacial score (nSPS) is 21.5. The Balaban J connectivity index is 1.63. The van der Waals surface area contributed by atoms with Crippen molar-refractivity contribution >= 4 is 23.6 Å². The first kappa shape index (κ1) is 25.5. The maximum Gasteiger partial charge on any atom is 0.415 e. The first-order valence-corrected chi connectivity index (χ1v) is 12.8. The molecule has 2 aliphatic rings. The second-order valence-corrected chi connectivity index (χ2v) is 9.92. The molecule has 6 nitrogen and oxygen atoms in total. The van der Waals surface area contributed by atoms with E-state index in [-0.39, 0.29) is 35.6 Å². The molecule has 2 aliphatic heterocycles. The summed E-state index contributed by atoms with van der Waals surface area (Å²) in [6, 6.07) is 12.7. The van der Waals surface area contributed by atoms with Crippen LogP contribution in [0.5, 0.6) is 5.75 Å². The molecule has 2 amide bonds. The average molecular weight is 502 g/mol. The van der Waals surface area contributed by atoms with Gasteiger partial charge in [-0.3, -0.25) is 9.69 Å². The lowest BCUT2D eigenvalue weighted by Gasteiger charge is -2.36. The van der Waals surface area contributed by atoms with Gasteiger partial charge >= 0.3 is 6.09 Å². The number of carbonyl (C=O) groups excluding carboxylic acids is 2. The fourth-order valence-electron chi connectivity index (χ4n) is 5.11. The quantitative estimate of drug-likeness (QED) is 0.600. The fourth-order valence-corrected chi connectivity index (χ4v) is 5.23. The van der Waals surface area contributed by atoms with Gasteiger partial charge in [-0.15, -0.1) is 0 Å². The molecule has 1 unspecified atom stereocenters. The van der Waals surface area contributed by atoms with Crippen LogP contribution in [0, 0.1) is 11.7 Å². The van der Waals surface area contributed by atoms with Crippen LogP contribution in [0.25, 0.3) is 0 Å². The molecule has 35 heavy (non-hydrogen) atoms. The van der Waals surface area contributed by atoms with E-state index in [0.29, 0.717) is 18.1 Å². The van der Waals surface area contributed by atoms with Crippen LogP contribution in [0.2, 0.25) is 5.02 Å². The first-order chi connectivity index (χ1) is 16.9. The van der Waals surface area contributed by atoms with Crippen LogP contribution in [-0.4, -0.2) is 60.1 Å². The summed E-state index contributed by atoms with van der Waals surface area (Å²) in [5.41, 5.74) is 1.03. The Hall–Kier alpha value is -2.64.